The van der Waals surface area contributed by atoms with Crippen LogP contribution < -0.4 is 4.72 Å². The molecule has 0 saturated heterocycles. The molecule has 0 saturated carbocycles. The highest BCUT2D eigenvalue weighted by atomic mass is 32.2. The zero-order valence-corrected chi connectivity index (χ0v) is 12.7. The average Bonchev–Trinajstić information content (AvgIpc) is 2.97. The number of carbonyl (C=O) groups is 2. The largest absolute Gasteiger partial charge is 0.464 e. The highest BCUT2D eigenvalue weighted by Gasteiger charge is 2.19. The smallest absolute Gasteiger partial charge is 0.354 e. The van der Waals surface area contributed by atoms with E-state index >= 15 is 0 Å². The Balaban J connectivity index is 2.28. The number of methoxy groups -OCH3 is 1. The SMILES string of the molecule is COC(=O)c1cc(S(=O)(=O)Nc2cccc(C(C)=O)c2)c[nH]1. The summed E-state index contributed by atoms with van der Waals surface area (Å²) < 4.78 is 31.3. The van der Waals surface area contributed by atoms with Crippen molar-refractivity contribution in [3.8, 4) is 0 Å². The Morgan fingerprint density at radius 2 is 1.95 bits per heavy atom. The standard InChI is InChI=1S/C14H14N2O5S/c1-9(17)10-4-3-5-11(6-10)16-22(19,20)12-7-13(15-8-12)14(18)21-2/h3-8,15-16H,1-2H3. The third-order valence-corrected chi connectivity index (χ3v) is 4.25. The first-order valence-corrected chi connectivity index (χ1v) is 7.72. The molecule has 0 fully saturated rings. The highest BCUT2D eigenvalue weighted by molar-refractivity contribution is 7.92. The Kier molecular flexibility index (Phi) is 4.32. The van der Waals surface area contributed by atoms with Crippen molar-refractivity contribution in [3.63, 3.8) is 0 Å². The van der Waals surface area contributed by atoms with Crippen molar-refractivity contribution in [1.29, 1.82) is 0 Å². The molecule has 0 aliphatic rings. The van der Waals surface area contributed by atoms with E-state index in [1.165, 1.54) is 38.4 Å². The first-order valence-electron chi connectivity index (χ1n) is 6.24. The Labute approximate surface area is 127 Å². The Morgan fingerprint density at radius 3 is 2.59 bits per heavy atom. The zero-order chi connectivity index (χ0) is 16.3. The minimum Gasteiger partial charge on any atom is -0.464 e. The van der Waals surface area contributed by atoms with Gasteiger partial charge in [-0.3, -0.25) is 9.52 Å². The molecule has 22 heavy (non-hydrogen) atoms. The predicted molar refractivity (Wildman–Crippen MR) is 79.4 cm³/mol. The molecule has 1 heterocycles. The van der Waals surface area contributed by atoms with E-state index in [-0.39, 0.29) is 22.1 Å². The first-order chi connectivity index (χ1) is 10.3. The van der Waals surface area contributed by atoms with E-state index in [2.05, 4.69) is 14.4 Å². The van der Waals surface area contributed by atoms with Gasteiger partial charge in [0.15, 0.2) is 5.78 Å². The van der Waals surface area contributed by atoms with E-state index in [1.54, 1.807) is 12.1 Å². The van der Waals surface area contributed by atoms with Crippen molar-refractivity contribution in [1.82, 2.24) is 4.98 Å². The molecule has 2 rings (SSSR count). The van der Waals surface area contributed by atoms with Crippen LogP contribution in [0.3, 0.4) is 0 Å². The number of anilines is 1. The number of hydrogen-bond acceptors (Lipinski definition) is 5. The van der Waals surface area contributed by atoms with Gasteiger partial charge in [0.05, 0.1) is 7.11 Å². The maximum absolute atomic E-state index is 12.2. The molecule has 0 atom stereocenters. The molecular weight excluding hydrogens is 308 g/mol. The number of nitrogens with one attached hydrogen (secondary N) is 2. The van der Waals surface area contributed by atoms with Crippen molar-refractivity contribution in [2.24, 2.45) is 0 Å². The molecule has 0 spiro atoms. The van der Waals surface area contributed by atoms with Crippen LogP contribution in [0.4, 0.5) is 5.69 Å². The van der Waals surface area contributed by atoms with Crippen LogP contribution in [-0.4, -0.2) is 32.3 Å². The van der Waals surface area contributed by atoms with E-state index in [4.69, 9.17) is 0 Å². The molecule has 2 N–H and O–H groups in total. The molecule has 0 aliphatic carbocycles. The summed E-state index contributed by atoms with van der Waals surface area (Å²) in [7, 11) is -2.68. The monoisotopic (exact) mass is 322 g/mol. The summed E-state index contributed by atoms with van der Waals surface area (Å²) in [4.78, 5) is 25.1. The van der Waals surface area contributed by atoms with Gasteiger partial charge in [-0.25, -0.2) is 13.2 Å². The molecular formula is C14H14N2O5S. The number of benzene rings is 1. The molecule has 7 nitrogen and oxygen atoms in total. The molecule has 116 valence electrons. The normalized spacial score (nSPS) is 11.0. The van der Waals surface area contributed by atoms with Gasteiger partial charge in [0.25, 0.3) is 10.0 Å². The van der Waals surface area contributed by atoms with Gasteiger partial charge in [0.2, 0.25) is 0 Å². The van der Waals surface area contributed by atoms with Crippen LogP contribution in [0.2, 0.25) is 0 Å². The number of aromatic nitrogens is 1. The van der Waals surface area contributed by atoms with E-state index in [0.29, 0.717) is 5.56 Å². The van der Waals surface area contributed by atoms with Gasteiger partial charge >= 0.3 is 5.97 Å². The second kappa shape index (κ2) is 6.02. The molecule has 2 aromatic rings. The maximum atomic E-state index is 12.2. The fraction of sp³-hybridized carbons (Fsp3) is 0.143. The molecule has 0 unspecified atom stereocenters. The number of ether oxygens (including phenoxy) is 1. The van der Waals surface area contributed by atoms with E-state index in [9.17, 15) is 18.0 Å². The van der Waals surface area contributed by atoms with Crippen LogP contribution in [0, 0.1) is 0 Å². The van der Waals surface area contributed by atoms with Crippen molar-refractivity contribution in [2.45, 2.75) is 11.8 Å². The molecule has 0 amide bonds. The fourth-order valence-corrected chi connectivity index (χ4v) is 2.82. The summed E-state index contributed by atoms with van der Waals surface area (Å²) in [5, 5.41) is 0. The predicted octanol–water partition coefficient (Wildman–Crippen LogP) is 1.80. The number of Topliss-reactive ketones (excluding diaryl/α,β-unsaturated/α-hetero) is 1. The van der Waals surface area contributed by atoms with Crippen molar-refractivity contribution < 1.29 is 22.7 Å². The zero-order valence-electron chi connectivity index (χ0n) is 11.9. The summed E-state index contributed by atoms with van der Waals surface area (Å²) in [6.45, 7) is 1.39. The van der Waals surface area contributed by atoms with Crippen LogP contribution in [0.1, 0.15) is 27.8 Å². The van der Waals surface area contributed by atoms with Crippen molar-refractivity contribution in [2.75, 3.05) is 11.8 Å². The number of esters is 1. The number of rotatable bonds is 5. The quantitative estimate of drug-likeness (QED) is 0.645. The van der Waals surface area contributed by atoms with E-state index in [0.717, 1.165) is 0 Å². The highest BCUT2D eigenvalue weighted by Crippen LogP contribution is 2.18. The summed E-state index contributed by atoms with van der Waals surface area (Å²) in [5.41, 5.74) is 0.679. The number of H-pyrrole nitrogens is 1. The van der Waals surface area contributed by atoms with Gasteiger partial charge < -0.3 is 9.72 Å². The average molecular weight is 322 g/mol. The third kappa shape index (κ3) is 3.34. The number of sulfonamides is 1. The van der Waals surface area contributed by atoms with Crippen LogP contribution in [0.5, 0.6) is 0 Å². The van der Waals surface area contributed by atoms with E-state index < -0.39 is 16.0 Å². The van der Waals surface area contributed by atoms with Crippen LogP contribution in [-0.2, 0) is 14.8 Å². The molecule has 0 radical (unpaired) electrons. The molecule has 0 bridgehead atoms. The Bertz CT molecular complexity index is 823. The number of carbonyl (C=O) groups excluding carboxylic acids is 2. The third-order valence-electron chi connectivity index (χ3n) is 2.89. The van der Waals surface area contributed by atoms with Gasteiger partial charge in [-0.05, 0) is 25.1 Å². The lowest BCUT2D eigenvalue weighted by atomic mass is 10.1. The minimum absolute atomic E-state index is 0.0281. The first kappa shape index (κ1) is 15.8. The van der Waals surface area contributed by atoms with Gasteiger partial charge in [0, 0.05) is 17.4 Å². The summed E-state index contributed by atoms with van der Waals surface area (Å²) in [6, 6.07) is 7.30. The number of hydrogen-bond donors (Lipinski definition) is 2. The summed E-state index contributed by atoms with van der Waals surface area (Å²) in [6.07, 6.45) is 1.18. The lowest BCUT2D eigenvalue weighted by Gasteiger charge is -2.07. The fourth-order valence-electron chi connectivity index (χ4n) is 1.77. The Morgan fingerprint density at radius 1 is 1.23 bits per heavy atom. The second-order valence-electron chi connectivity index (χ2n) is 4.48. The number of ketones is 1. The van der Waals surface area contributed by atoms with Gasteiger partial charge in [0.1, 0.15) is 10.6 Å². The van der Waals surface area contributed by atoms with Crippen molar-refractivity contribution >= 4 is 27.5 Å². The second-order valence-corrected chi connectivity index (χ2v) is 6.17. The lowest BCUT2D eigenvalue weighted by Crippen LogP contribution is -2.12. The van der Waals surface area contributed by atoms with Gasteiger partial charge in [-0.1, -0.05) is 12.1 Å². The Hall–Kier alpha value is -2.61. The molecule has 1 aromatic heterocycles. The maximum Gasteiger partial charge on any atom is 0.354 e. The summed E-state index contributed by atoms with van der Waals surface area (Å²) >= 11 is 0. The number of aromatic amines is 1. The van der Waals surface area contributed by atoms with Crippen molar-refractivity contribution in [3.05, 3.63) is 47.8 Å². The molecule has 1 aromatic carbocycles. The van der Waals surface area contributed by atoms with Crippen LogP contribution >= 0.6 is 0 Å². The van der Waals surface area contributed by atoms with Crippen LogP contribution in [0.25, 0.3) is 0 Å². The lowest BCUT2D eigenvalue weighted by molar-refractivity contribution is 0.0594. The van der Waals surface area contributed by atoms with Gasteiger partial charge in [-0.15, -0.1) is 0 Å². The summed E-state index contributed by atoms with van der Waals surface area (Å²) in [5.74, 6) is -0.837. The topological polar surface area (TPSA) is 105 Å². The van der Waals surface area contributed by atoms with Gasteiger partial charge in [-0.2, -0.15) is 0 Å². The molecule has 8 heteroatoms. The van der Waals surface area contributed by atoms with E-state index in [1.807, 2.05) is 0 Å². The minimum atomic E-state index is -3.88. The van der Waals surface area contributed by atoms with Crippen LogP contribution in [0.15, 0.2) is 41.4 Å². The molecule has 0 aliphatic heterocycles.